The highest BCUT2D eigenvalue weighted by Crippen LogP contribution is 2.14. The molecule has 0 saturated heterocycles. The molecule has 3 heterocycles. The SMILES string of the molecule is Cc1cccc(CNC(=O)CCc2nc(-c3ccncc3)no2)n1. The van der Waals surface area contributed by atoms with Crippen LogP contribution in [0.4, 0.5) is 0 Å². The molecule has 0 bridgehead atoms. The van der Waals surface area contributed by atoms with E-state index in [4.69, 9.17) is 4.52 Å². The van der Waals surface area contributed by atoms with Crippen LogP contribution < -0.4 is 5.32 Å². The highest BCUT2D eigenvalue weighted by molar-refractivity contribution is 5.75. The molecular weight excluding hydrogens is 306 g/mol. The first kappa shape index (κ1) is 15.8. The molecule has 0 aromatic carbocycles. The maximum absolute atomic E-state index is 11.9. The second-order valence-corrected chi connectivity index (χ2v) is 5.29. The molecule has 7 heteroatoms. The standard InChI is InChI=1S/C17H17N5O2/c1-12-3-2-4-14(20-12)11-19-15(23)5-6-16-21-17(22-24-16)13-7-9-18-10-8-13/h2-4,7-10H,5-6,11H2,1H3,(H,19,23). The van der Waals surface area contributed by atoms with Crippen LogP contribution >= 0.6 is 0 Å². The van der Waals surface area contributed by atoms with Crippen molar-refractivity contribution in [3.05, 3.63) is 60.0 Å². The average molecular weight is 323 g/mol. The summed E-state index contributed by atoms with van der Waals surface area (Å²) in [5.41, 5.74) is 2.59. The van der Waals surface area contributed by atoms with E-state index < -0.39 is 0 Å². The number of nitrogens with zero attached hydrogens (tertiary/aromatic N) is 4. The van der Waals surface area contributed by atoms with E-state index in [1.807, 2.05) is 25.1 Å². The van der Waals surface area contributed by atoms with Crippen molar-refractivity contribution in [1.82, 2.24) is 25.4 Å². The molecular formula is C17H17N5O2. The van der Waals surface area contributed by atoms with Crippen molar-refractivity contribution in [3.8, 4) is 11.4 Å². The minimum absolute atomic E-state index is 0.0815. The van der Waals surface area contributed by atoms with Gasteiger partial charge in [-0.15, -0.1) is 0 Å². The van der Waals surface area contributed by atoms with Gasteiger partial charge in [-0.1, -0.05) is 11.2 Å². The fraction of sp³-hybridized carbons (Fsp3) is 0.235. The molecule has 7 nitrogen and oxygen atoms in total. The maximum Gasteiger partial charge on any atom is 0.227 e. The van der Waals surface area contributed by atoms with Crippen LogP contribution in [0.25, 0.3) is 11.4 Å². The van der Waals surface area contributed by atoms with E-state index >= 15 is 0 Å². The van der Waals surface area contributed by atoms with Gasteiger partial charge in [0.05, 0.1) is 12.2 Å². The lowest BCUT2D eigenvalue weighted by atomic mass is 10.2. The normalized spacial score (nSPS) is 10.5. The molecule has 0 aliphatic carbocycles. The number of hydrogen-bond acceptors (Lipinski definition) is 6. The molecule has 1 N–H and O–H groups in total. The summed E-state index contributed by atoms with van der Waals surface area (Å²) in [4.78, 5) is 24.5. The molecule has 24 heavy (non-hydrogen) atoms. The van der Waals surface area contributed by atoms with E-state index in [0.717, 1.165) is 17.0 Å². The molecule has 3 rings (SSSR count). The van der Waals surface area contributed by atoms with Crippen LogP contribution in [0.5, 0.6) is 0 Å². The molecule has 0 atom stereocenters. The lowest BCUT2D eigenvalue weighted by Crippen LogP contribution is -2.23. The first-order chi connectivity index (χ1) is 11.7. The summed E-state index contributed by atoms with van der Waals surface area (Å²) in [5, 5.41) is 6.75. The predicted octanol–water partition coefficient (Wildman–Crippen LogP) is 2.08. The molecule has 0 saturated carbocycles. The lowest BCUT2D eigenvalue weighted by Gasteiger charge is -2.04. The Kier molecular flexibility index (Phi) is 4.90. The Morgan fingerprint density at radius 1 is 1.17 bits per heavy atom. The van der Waals surface area contributed by atoms with E-state index in [1.54, 1.807) is 24.5 Å². The van der Waals surface area contributed by atoms with E-state index in [1.165, 1.54) is 0 Å². The summed E-state index contributed by atoms with van der Waals surface area (Å²) in [7, 11) is 0. The Labute approximate surface area is 139 Å². The highest BCUT2D eigenvalue weighted by atomic mass is 16.5. The number of pyridine rings is 2. The molecule has 122 valence electrons. The number of carbonyl (C=O) groups is 1. The molecule has 0 aliphatic rings. The summed E-state index contributed by atoms with van der Waals surface area (Å²) >= 11 is 0. The number of aryl methyl sites for hydroxylation is 2. The van der Waals surface area contributed by atoms with Gasteiger partial charge in [-0.25, -0.2) is 0 Å². The number of nitrogens with one attached hydrogen (secondary N) is 1. The van der Waals surface area contributed by atoms with Gasteiger partial charge in [0.25, 0.3) is 0 Å². The molecule has 3 aromatic rings. The number of rotatable bonds is 6. The quantitative estimate of drug-likeness (QED) is 0.746. The van der Waals surface area contributed by atoms with Gasteiger partial charge >= 0.3 is 0 Å². The van der Waals surface area contributed by atoms with E-state index in [9.17, 15) is 4.79 Å². The molecule has 0 unspecified atom stereocenters. The van der Waals surface area contributed by atoms with Crippen LogP contribution in [0.2, 0.25) is 0 Å². The van der Waals surface area contributed by atoms with Gasteiger partial charge in [0.15, 0.2) is 0 Å². The van der Waals surface area contributed by atoms with Crippen molar-refractivity contribution in [2.24, 2.45) is 0 Å². The summed E-state index contributed by atoms with van der Waals surface area (Å²) in [6, 6.07) is 9.32. The van der Waals surface area contributed by atoms with Gasteiger partial charge in [0, 0.05) is 36.5 Å². The minimum atomic E-state index is -0.0815. The Morgan fingerprint density at radius 3 is 2.79 bits per heavy atom. The van der Waals surface area contributed by atoms with Gasteiger partial charge in [0.1, 0.15) is 0 Å². The molecule has 0 fully saturated rings. The van der Waals surface area contributed by atoms with Crippen molar-refractivity contribution in [3.63, 3.8) is 0 Å². The first-order valence-electron chi connectivity index (χ1n) is 7.63. The smallest absolute Gasteiger partial charge is 0.227 e. The van der Waals surface area contributed by atoms with Gasteiger partial charge in [0.2, 0.25) is 17.6 Å². The van der Waals surface area contributed by atoms with Crippen molar-refractivity contribution in [2.45, 2.75) is 26.3 Å². The zero-order chi connectivity index (χ0) is 16.8. The number of carbonyl (C=O) groups excluding carboxylic acids is 1. The van der Waals surface area contributed by atoms with E-state index in [-0.39, 0.29) is 12.3 Å². The van der Waals surface area contributed by atoms with Crippen LogP contribution in [-0.4, -0.2) is 26.0 Å². The van der Waals surface area contributed by atoms with Crippen LogP contribution in [0.15, 0.2) is 47.2 Å². The Balaban J connectivity index is 1.49. The van der Waals surface area contributed by atoms with Crippen LogP contribution in [-0.2, 0) is 17.8 Å². The topological polar surface area (TPSA) is 93.8 Å². The minimum Gasteiger partial charge on any atom is -0.350 e. The molecule has 0 radical (unpaired) electrons. The van der Waals surface area contributed by atoms with Crippen molar-refractivity contribution in [1.29, 1.82) is 0 Å². The third-order valence-corrected chi connectivity index (χ3v) is 3.39. The highest BCUT2D eigenvalue weighted by Gasteiger charge is 2.10. The summed E-state index contributed by atoms with van der Waals surface area (Å²) in [5.74, 6) is 0.851. The monoisotopic (exact) mass is 323 g/mol. The van der Waals surface area contributed by atoms with Gasteiger partial charge in [-0.05, 0) is 31.2 Å². The zero-order valence-electron chi connectivity index (χ0n) is 13.3. The Bertz CT molecular complexity index is 817. The second-order valence-electron chi connectivity index (χ2n) is 5.29. The van der Waals surface area contributed by atoms with Gasteiger partial charge in [-0.3, -0.25) is 14.8 Å². The molecule has 1 amide bonds. The number of aromatic nitrogens is 4. The third-order valence-electron chi connectivity index (χ3n) is 3.39. The molecule has 0 spiro atoms. The lowest BCUT2D eigenvalue weighted by molar-refractivity contribution is -0.121. The maximum atomic E-state index is 11.9. The van der Waals surface area contributed by atoms with E-state index in [0.29, 0.717) is 24.7 Å². The summed E-state index contributed by atoms with van der Waals surface area (Å²) in [6.45, 7) is 2.33. The fourth-order valence-corrected chi connectivity index (χ4v) is 2.17. The Morgan fingerprint density at radius 2 is 2.00 bits per heavy atom. The zero-order valence-corrected chi connectivity index (χ0v) is 13.3. The Hall–Kier alpha value is -3.09. The second kappa shape index (κ2) is 7.45. The average Bonchev–Trinajstić information content (AvgIpc) is 3.08. The fourth-order valence-electron chi connectivity index (χ4n) is 2.17. The third kappa shape index (κ3) is 4.22. The number of hydrogen-bond donors (Lipinski definition) is 1. The predicted molar refractivity (Wildman–Crippen MR) is 86.7 cm³/mol. The van der Waals surface area contributed by atoms with E-state index in [2.05, 4.69) is 25.4 Å². The van der Waals surface area contributed by atoms with Crippen molar-refractivity contribution >= 4 is 5.91 Å². The van der Waals surface area contributed by atoms with Crippen molar-refractivity contribution < 1.29 is 9.32 Å². The van der Waals surface area contributed by atoms with Crippen LogP contribution in [0.1, 0.15) is 23.7 Å². The first-order valence-corrected chi connectivity index (χ1v) is 7.63. The van der Waals surface area contributed by atoms with Gasteiger partial charge in [-0.2, -0.15) is 4.98 Å². The largest absolute Gasteiger partial charge is 0.350 e. The van der Waals surface area contributed by atoms with Gasteiger partial charge < -0.3 is 9.84 Å². The summed E-state index contributed by atoms with van der Waals surface area (Å²) < 4.78 is 5.17. The number of amides is 1. The van der Waals surface area contributed by atoms with Crippen LogP contribution in [0, 0.1) is 6.92 Å². The summed E-state index contributed by atoms with van der Waals surface area (Å²) in [6.07, 6.45) is 4.01. The molecule has 0 aliphatic heterocycles. The van der Waals surface area contributed by atoms with Crippen LogP contribution in [0.3, 0.4) is 0 Å². The molecule has 3 aromatic heterocycles. The van der Waals surface area contributed by atoms with Crippen molar-refractivity contribution in [2.75, 3.05) is 0 Å².